The fourth-order valence-corrected chi connectivity index (χ4v) is 1.86. The Kier molecular flexibility index (Phi) is 2.93. The molecule has 3 aromatic rings. The summed E-state index contributed by atoms with van der Waals surface area (Å²) in [6, 6.07) is 2.79. The molecule has 5 nitrogen and oxygen atoms in total. The van der Waals surface area contributed by atoms with Gasteiger partial charge in [-0.3, -0.25) is 9.78 Å². The first-order valence-corrected chi connectivity index (χ1v) is 5.83. The minimum atomic E-state index is -4.49. The van der Waals surface area contributed by atoms with E-state index in [9.17, 15) is 18.0 Å². The van der Waals surface area contributed by atoms with Crippen molar-refractivity contribution in [1.29, 1.82) is 0 Å². The van der Waals surface area contributed by atoms with E-state index in [1.807, 2.05) is 0 Å². The molecule has 2 aromatic heterocycles. The van der Waals surface area contributed by atoms with Crippen LogP contribution in [0.5, 0.6) is 0 Å². The van der Waals surface area contributed by atoms with Crippen LogP contribution in [0.4, 0.5) is 13.2 Å². The SMILES string of the molecule is O=c1[nH]c(-c2cnccn2)nc2cc(C(F)(F)F)ccc12. The van der Waals surface area contributed by atoms with E-state index in [2.05, 4.69) is 19.9 Å². The molecule has 3 rings (SSSR count). The van der Waals surface area contributed by atoms with Crippen molar-refractivity contribution in [3.63, 3.8) is 0 Å². The second kappa shape index (κ2) is 4.65. The highest BCUT2D eigenvalue weighted by Crippen LogP contribution is 2.30. The highest BCUT2D eigenvalue weighted by atomic mass is 19.4. The molecule has 1 N–H and O–H groups in total. The zero-order valence-electron chi connectivity index (χ0n) is 10.3. The lowest BCUT2D eigenvalue weighted by Crippen LogP contribution is -2.12. The van der Waals surface area contributed by atoms with Crippen LogP contribution < -0.4 is 5.56 Å². The molecule has 8 heteroatoms. The Bertz CT molecular complexity index is 859. The van der Waals surface area contributed by atoms with Crippen LogP contribution in [0.15, 0.2) is 41.6 Å². The maximum absolute atomic E-state index is 12.7. The predicted molar refractivity (Wildman–Crippen MR) is 68.4 cm³/mol. The number of alkyl halides is 3. The number of nitrogens with zero attached hydrogens (tertiary/aromatic N) is 3. The van der Waals surface area contributed by atoms with Gasteiger partial charge in [-0.05, 0) is 18.2 Å². The number of rotatable bonds is 1. The summed E-state index contributed by atoms with van der Waals surface area (Å²) in [5.41, 5.74) is -1.17. The van der Waals surface area contributed by atoms with E-state index in [-0.39, 0.29) is 22.4 Å². The average Bonchev–Trinajstić information content (AvgIpc) is 2.46. The topological polar surface area (TPSA) is 71.5 Å². The maximum Gasteiger partial charge on any atom is 0.416 e. The first-order valence-electron chi connectivity index (χ1n) is 5.83. The molecule has 0 amide bonds. The minimum absolute atomic E-state index is 0.0470. The maximum atomic E-state index is 12.7. The molecule has 2 heterocycles. The molecule has 0 spiro atoms. The average molecular weight is 292 g/mol. The highest BCUT2D eigenvalue weighted by Gasteiger charge is 2.30. The molecule has 0 saturated carbocycles. The predicted octanol–water partition coefficient (Wildman–Crippen LogP) is 2.40. The lowest BCUT2D eigenvalue weighted by atomic mass is 10.1. The van der Waals surface area contributed by atoms with Crippen molar-refractivity contribution in [1.82, 2.24) is 19.9 Å². The summed E-state index contributed by atoms with van der Waals surface area (Å²) in [5, 5.41) is 0.0793. The zero-order chi connectivity index (χ0) is 15.0. The van der Waals surface area contributed by atoms with Gasteiger partial charge >= 0.3 is 6.18 Å². The van der Waals surface area contributed by atoms with Gasteiger partial charge in [-0.1, -0.05) is 0 Å². The number of fused-ring (bicyclic) bond motifs is 1. The number of hydrogen-bond acceptors (Lipinski definition) is 4. The Hall–Kier alpha value is -2.77. The molecule has 0 aliphatic rings. The van der Waals surface area contributed by atoms with Gasteiger partial charge in [-0.25, -0.2) is 9.97 Å². The van der Waals surface area contributed by atoms with Gasteiger partial charge in [0.15, 0.2) is 5.82 Å². The standard InChI is InChI=1S/C13H7F3N4O/c14-13(15,16)7-1-2-8-9(5-7)19-11(20-12(8)21)10-6-17-3-4-18-10/h1-6H,(H,19,20,21). The van der Waals surface area contributed by atoms with Crippen molar-refractivity contribution in [2.24, 2.45) is 0 Å². The van der Waals surface area contributed by atoms with Crippen molar-refractivity contribution in [2.45, 2.75) is 6.18 Å². The second-order valence-corrected chi connectivity index (χ2v) is 4.23. The molecule has 1 aromatic carbocycles. The molecule has 0 radical (unpaired) electrons. The van der Waals surface area contributed by atoms with Crippen LogP contribution in [0.3, 0.4) is 0 Å². The number of aromatic amines is 1. The normalized spacial score (nSPS) is 11.8. The van der Waals surface area contributed by atoms with E-state index >= 15 is 0 Å². The highest BCUT2D eigenvalue weighted by molar-refractivity contribution is 5.79. The van der Waals surface area contributed by atoms with Crippen molar-refractivity contribution < 1.29 is 13.2 Å². The van der Waals surface area contributed by atoms with Gasteiger partial charge in [-0.15, -0.1) is 0 Å². The zero-order valence-corrected chi connectivity index (χ0v) is 10.3. The summed E-state index contributed by atoms with van der Waals surface area (Å²) in [5.74, 6) is 0.0694. The lowest BCUT2D eigenvalue weighted by Gasteiger charge is -2.07. The van der Waals surface area contributed by atoms with E-state index in [4.69, 9.17) is 0 Å². The van der Waals surface area contributed by atoms with Crippen LogP contribution in [-0.4, -0.2) is 19.9 Å². The Balaban J connectivity index is 2.24. The third-order valence-electron chi connectivity index (χ3n) is 2.84. The van der Waals surface area contributed by atoms with Gasteiger partial charge < -0.3 is 4.98 Å². The van der Waals surface area contributed by atoms with E-state index in [1.54, 1.807) is 0 Å². The lowest BCUT2D eigenvalue weighted by molar-refractivity contribution is -0.137. The van der Waals surface area contributed by atoms with E-state index in [0.717, 1.165) is 18.2 Å². The molecular formula is C13H7F3N4O. The first kappa shape index (κ1) is 13.2. The fourth-order valence-electron chi connectivity index (χ4n) is 1.86. The van der Waals surface area contributed by atoms with Gasteiger partial charge in [0.1, 0.15) is 5.69 Å². The van der Waals surface area contributed by atoms with E-state index < -0.39 is 17.3 Å². The fraction of sp³-hybridized carbons (Fsp3) is 0.0769. The van der Waals surface area contributed by atoms with Crippen molar-refractivity contribution in [3.05, 3.63) is 52.7 Å². The van der Waals surface area contributed by atoms with Gasteiger partial charge in [0.2, 0.25) is 0 Å². The molecule has 21 heavy (non-hydrogen) atoms. The van der Waals surface area contributed by atoms with E-state index in [1.165, 1.54) is 18.6 Å². The van der Waals surface area contributed by atoms with Gasteiger partial charge in [0.05, 0.1) is 22.7 Å². The van der Waals surface area contributed by atoms with Crippen LogP contribution in [0.2, 0.25) is 0 Å². The molecule has 0 fully saturated rings. The number of hydrogen-bond donors (Lipinski definition) is 1. The Morgan fingerprint density at radius 3 is 2.62 bits per heavy atom. The van der Waals surface area contributed by atoms with Crippen LogP contribution >= 0.6 is 0 Å². The number of halogens is 3. The minimum Gasteiger partial charge on any atom is -0.305 e. The van der Waals surface area contributed by atoms with Crippen LogP contribution in [0, 0.1) is 0 Å². The van der Waals surface area contributed by atoms with Crippen molar-refractivity contribution in [2.75, 3.05) is 0 Å². The van der Waals surface area contributed by atoms with E-state index in [0.29, 0.717) is 0 Å². The molecule has 0 aliphatic heterocycles. The number of benzene rings is 1. The van der Waals surface area contributed by atoms with Crippen LogP contribution in [0.25, 0.3) is 22.4 Å². The van der Waals surface area contributed by atoms with Crippen molar-refractivity contribution >= 4 is 10.9 Å². The van der Waals surface area contributed by atoms with Gasteiger partial charge in [0, 0.05) is 12.4 Å². The van der Waals surface area contributed by atoms with Crippen LogP contribution in [-0.2, 0) is 6.18 Å². The van der Waals surface area contributed by atoms with Crippen LogP contribution in [0.1, 0.15) is 5.56 Å². The summed E-state index contributed by atoms with van der Waals surface area (Å²) < 4.78 is 38.1. The Morgan fingerprint density at radius 1 is 1.14 bits per heavy atom. The number of nitrogens with one attached hydrogen (secondary N) is 1. The largest absolute Gasteiger partial charge is 0.416 e. The summed E-state index contributed by atoms with van der Waals surface area (Å²) in [4.78, 5) is 26.2. The molecule has 106 valence electrons. The molecule has 0 aliphatic carbocycles. The molecule has 0 unspecified atom stereocenters. The first-order chi connectivity index (χ1) is 9.95. The molecular weight excluding hydrogens is 285 g/mol. The Labute approximate surface area is 115 Å². The molecule has 0 atom stereocenters. The Morgan fingerprint density at radius 2 is 1.95 bits per heavy atom. The summed E-state index contributed by atoms with van der Waals surface area (Å²) >= 11 is 0. The second-order valence-electron chi connectivity index (χ2n) is 4.23. The smallest absolute Gasteiger partial charge is 0.305 e. The van der Waals surface area contributed by atoms with Gasteiger partial charge in [0.25, 0.3) is 5.56 Å². The number of H-pyrrole nitrogens is 1. The number of aromatic nitrogens is 4. The molecule has 0 saturated heterocycles. The third-order valence-corrected chi connectivity index (χ3v) is 2.84. The summed E-state index contributed by atoms with van der Waals surface area (Å²) in [6.07, 6.45) is -0.307. The summed E-state index contributed by atoms with van der Waals surface area (Å²) in [7, 11) is 0. The monoisotopic (exact) mass is 292 g/mol. The van der Waals surface area contributed by atoms with Gasteiger partial charge in [-0.2, -0.15) is 13.2 Å². The van der Waals surface area contributed by atoms with Crippen molar-refractivity contribution in [3.8, 4) is 11.5 Å². The summed E-state index contributed by atoms with van der Waals surface area (Å²) in [6.45, 7) is 0. The third kappa shape index (κ3) is 2.47. The quantitative estimate of drug-likeness (QED) is 0.747. The molecule has 0 bridgehead atoms.